The zero-order chi connectivity index (χ0) is 14.6. The van der Waals surface area contributed by atoms with Crippen molar-refractivity contribution >= 4 is 15.7 Å². The molecule has 0 radical (unpaired) electrons. The quantitative estimate of drug-likeness (QED) is 0.849. The number of benzene rings is 1. The van der Waals surface area contributed by atoms with Gasteiger partial charge in [0.1, 0.15) is 0 Å². The number of sulfonamides is 1. The average Bonchev–Trinajstić information content (AvgIpc) is 2.42. The number of anilines is 1. The molecule has 0 aliphatic carbocycles. The molecule has 2 rings (SSSR count). The van der Waals surface area contributed by atoms with Crippen LogP contribution < -0.4 is 5.73 Å². The minimum absolute atomic E-state index is 0.101. The molecule has 5 nitrogen and oxygen atoms in total. The summed E-state index contributed by atoms with van der Waals surface area (Å²) in [4.78, 5) is 3.98. The molecule has 1 aromatic carbocycles. The molecule has 0 atom stereocenters. The van der Waals surface area contributed by atoms with Crippen molar-refractivity contribution in [3.8, 4) is 0 Å². The van der Waals surface area contributed by atoms with Crippen LogP contribution in [-0.4, -0.2) is 24.8 Å². The monoisotopic (exact) mass is 291 g/mol. The van der Waals surface area contributed by atoms with E-state index in [4.69, 9.17) is 5.73 Å². The summed E-state index contributed by atoms with van der Waals surface area (Å²) in [5.41, 5.74) is 7.74. The molecule has 1 heterocycles. The van der Waals surface area contributed by atoms with E-state index in [1.807, 2.05) is 6.07 Å². The van der Waals surface area contributed by atoms with E-state index in [2.05, 4.69) is 4.98 Å². The first-order chi connectivity index (χ1) is 9.49. The van der Waals surface area contributed by atoms with Crippen LogP contribution in [0, 0.1) is 0 Å². The molecule has 0 amide bonds. The summed E-state index contributed by atoms with van der Waals surface area (Å²) in [6.07, 6.45) is 3.31. The van der Waals surface area contributed by atoms with Gasteiger partial charge in [0.25, 0.3) is 0 Å². The molecule has 6 heteroatoms. The van der Waals surface area contributed by atoms with E-state index in [0.29, 0.717) is 17.8 Å². The van der Waals surface area contributed by atoms with Crippen LogP contribution in [0.2, 0.25) is 0 Å². The maximum atomic E-state index is 12.3. The minimum atomic E-state index is -3.41. The Bertz CT molecular complexity index is 672. The van der Waals surface area contributed by atoms with Crippen molar-refractivity contribution in [2.45, 2.75) is 12.3 Å². The smallest absolute Gasteiger partial charge is 0.218 e. The van der Waals surface area contributed by atoms with E-state index < -0.39 is 10.0 Å². The minimum Gasteiger partial charge on any atom is -0.398 e. The molecule has 20 heavy (non-hydrogen) atoms. The molecule has 2 aromatic rings. The van der Waals surface area contributed by atoms with Gasteiger partial charge in [-0.05, 0) is 23.3 Å². The summed E-state index contributed by atoms with van der Waals surface area (Å²) < 4.78 is 25.9. The van der Waals surface area contributed by atoms with Crippen molar-refractivity contribution in [1.29, 1.82) is 0 Å². The van der Waals surface area contributed by atoms with Crippen LogP contribution in [0.5, 0.6) is 0 Å². The SMILES string of the molecule is CN(Cc1cccnc1)S(=O)(=O)Cc1ccccc1N. The highest BCUT2D eigenvalue weighted by Crippen LogP contribution is 2.17. The summed E-state index contributed by atoms with van der Waals surface area (Å²) in [6, 6.07) is 10.6. The van der Waals surface area contributed by atoms with E-state index in [0.717, 1.165) is 5.56 Å². The fourth-order valence-electron chi connectivity index (χ4n) is 1.82. The molecular formula is C14H17N3O2S. The second-order valence-electron chi connectivity index (χ2n) is 4.57. The van der Waals surface area contributed by atoms with Gasteiger partial charge in [0.2, 0.25) is 10.0 Å². The van der Waals surface area contributed by atoms with E-state index in [-0.39, 0.29) is 5.75 Å². The first kappa shape index (κ1) is 14.5. The van der Waals surface area contributed by atoms with Crippen LogP contribution in [0.1, 0.15) is 11.1 Å². The Kier molecular flexibility index (Phi) is 4.36. The predicted octanol–water partition coefficient (Wildman–Crippen LogP) is 1.63. The molecule has 0 unspecified atom stereocenters. The highest BCUT2D eigenvalue weighted by atomic mass is 32.2. The Labute approximate surface area is 119 Å². The summed E-state index contributed by atoms with van der Waals surface area (Å²) in [5, 5.41) is 0. The first-order valence-corrected chi connectivity index (χ1v) is 7.76. The maximum absolute atomic E-state index is 12.3. The van der Waals surface area contributed by atoms with Crippen molar-refractivity contribution in [2.75, 3.05) is 12.8 Å². The topological polar surface area (TPSA) is 76.3 Å². The summed E-state index contributed by atoms with van der Waals surface area (Å²) in [5.74, 6) is -0.101. The van der Waals surface area contributed by atoms with Crippen LogP contribution in [0.25, 0.3) is 0 Å². The van der Waals surface area contributed by atoms with Gasteiger partial charge >= 0.3 is 0 Å². The van der Waals surface area contributed by atoms with Crippen molar-refractivity contribution < 1.29 is 8.42 Å². The molecule has 0 bridgehead atoms. The summed E-state index contributed by atoms with van der Waals surface area (Å²) >= 11 is 0. The summed E-state index contributed by atoms with van der Waals surface area (Å²) in [6.45, 7) is 0.295. The average molecular weight is 291 g/mol. The zero-order valence-electron chi connectivity index (χ0n) is 11.2. The summed E-state index contributed by atoms with van der Waals surface area (Å²) in [7, 11) is -1.85. The Morgan fingerprint density at radius 3 is 2.60 bits per heavy atom. The Morgan fingerprint density at radius 1 is 1.20 bits per heavy atom. The molecule has 2 N–H and O–H groups in total. The van der Waals surface area contributed by atoms with Gasteiger partial charge < -0.3 is 5.73 Å². The first-order valence-electron chi connectivity index (χ1n) is 6.15. The third-order valence-electron chi connectivity index (χ3n) is 3.00. The van der Waals surface area contributed by atoms with Crippen LogP contribution in [-0.2, 0) is 22.3 Å². The Morgan fingerprint density at radius 2 is 1.95 bits per heavy atom. The molecular weight excluding hydrogens is 274 g/mol. The molecule has 106 valence electrons. The maximum Gasteiger partial charge on any atom is 0.218 e. The number of nitrogens with zero attached hydrogens (tertiary/aromatic N) is 2. The van der Waals surface area contributed by atoms with Gasteiger partial charge in [-0.2, -0.15) is 0 Å². The van der Waals surface area contributed by atoms with Gasteiger partial charge in [-0.25, -0.2) is 12.7 Å². The van der Waals surface area contributed by atoms with Gasteiger partial charge in [-0.1, -0.05) is 24.3 Å². The van der Waals surface area contributed by atoms with Gasteiger partial charge in [-0.15, -0.1) is 0 Å². The lowest BCUT2D eigenvalue weighted by Gasteiger charge is -2.17. The fraction of sp³-hybridized carbons (Fsp3) is 0.214. The lowest BCUT2D eigenvalue weighted by atomic mass is 10.2. The highest BCUT2D eigenvalue weighted by molar-refractivity contribution is 7.88. The molecule has 0 aliphatic rings. The molecule has 0 fully saturated rings. The largest absolute Gasteiger partial charge is 0.398 e. The van der Waals surface area contributed by atoms with Crippen molar-refractivity contribution in [1.82, 2.24) is 9.29 Å². The highest BCUT2D eigenvalue weighted by Gasteiger charge is 2.19. The molecule has 0 saturated heterocycles. The number of nitrogen functional groups attached to an aromatic ring is 1. The van der Waals surface area contributed by atoms with Crippen LogP contribution in [0.4, 0.5) is 5.69 Å². The van der Waals surface area contributed by atoms with E-state index in [9.17, 15) is 8.42 Å². The number of nitrogens with two attached hydrogens (primary N) is 1. The normalized spacial score (nSPS) is 11.7. The van der Waals surface area contributed by atoms with Crippen molar-refractivity contribution in [3.05, 3.63) is 59.9 Å². The van der Waals surface area contributed by atoms with Gasteiger partial charge in [-0.3, -0.25) is 4.98 Å². The van der Waals surface area contributed by atoms with Crippen LogP contribution >= 0.6 is 0 Å². The molecule has 0 spiro atoms. The van der Waals surface area contributed by atoms with Crippen molar-refractivity contribution in [2.24, 2.45) is 0 Å². The molecule has 0 aliphatic heterocycles. The fourth-order valence-corrected chi connectivity index (χ4v) is 3.04. The number of rotatable bonds is 5. The standard InChI is InChI=1S/C14H17N3O2S/c1-17(10-12-5-4-8-16-9-12)20(18,19)11-13-6-2-3-7-14(13)15/h2-9H,10-11,15H2,1H3. The lowest BCUT2D eigenvalue weighted by Crippen LogP contribution is -2.28. The third-order valence-corrected chi connectivity index (χ3v) is 4.75. The van der Waals surface area contributed by atoms with E-state index >= 15 is 0 Å². The number of hydrogen-bond donors (Lipinski definition) is 1. The Balaban J connectivity index is 2.12. The number of para-hydroxylation sites is 1. The molecule has 1 aromatic heterocycles. The number of hydrogen-bond acceptors (Lipinski definition) is 4. The second-order valence-corrected chi connectivity index (χ2v) is 6.65. The zero-order valence-corrected chi connectivity index (χ0v) is 12.0. The van der Waals surface area contributed by atoms with Gasteiger partial charge in [0, 0.05) is 31.7 Å². The third kappa shape index (κ3) is 3.55. The van der Waals surface area contributed by atoms with Gasteiger partial charge in [0.05, 0.1) is 5.75 Å². The van der Waals surface area contributed by atoms with Crippen molar-refractivity contribution in [3.63, 3.8) is 0 Å². The van der Waals surface area contributed by atoms with E-state index in [1.54, 1.807) is 49.8 Å². The molecule has 0 saturated carbocycles. The van der Waals surface area contributed by atoms with Crippen LogP contribution in [0.15, 0.2) is 48.8 Å². The van der Waals surface area contributed by atoms with E-state index in [1.165, 1.54) is 4.31 Å². The Hall–Kier alpha value is -1.92. The second kappa shape index (κ2) is 6.02. The lowest BCUT2D eigenvalue weighted by molar-refractivity contribution is 0.465. The number of aromatic nitrogens is 1. The van der Waals surface area contributed by atoms with Crippen LogP contribution in [0.3, 0.4) is 0 Å². The van der Waals surface area contributed by atoms with Gasteiger partial charge in [0.15, 0.2) is 0 Å². The number of pyridine rings is 1. The predicted molar refractivity (Wildman–Crippen MR) is 79.2 cm³/mol.